The maximum Gasteiger partial charge on any atom is 0.267 e. The number of halogens is 1. The number of aromatic nitrogens is 2. The third-order valence-corrected chi connectivity index (χ3v) is 5.81. The third-order valence-electron chi connectivity index (χ3n) is 4.73. The van der Waals surface area contributed by atoms with Crippen LogP contribution in [0.5, 0.6) is 0 Å². The van der Waals surface area contributed by atoms with Crippen LogP contribution in [-0.2, 0) is 6.54 Å². The zero-order valence-corrected chi connectivity index (χ0v) is 16.5. The van der Waals surface area contributed by atoms with E-state index in [0.29, 0.717) is 6.54 Å². The summed E-state index contributed by atoms with van der Waals surface area (Å²) in [7, 11) is 0. The number of nitrogens with zero attached hydrogens (tertiary/aromatic N) is 3. The highest BCUT2D eigenvalue weighted by atomic mass is 127. The Hall–Kier alpha value is -2.15. The van der Waals surface area contributed by atoms with Gasteiger partial charge in [0.15, 0.2) is 0 Å². The lowest BCUT2D eigenvalue weighted by atomic mass is 10.1. The molecule has 1 aliphatic carbocycles. The van der Waals surface area contributed by atoms with Crippen molar-refractivity contribution in [2.24, 2.45) is 0 Å². The second-order valence-corrected chi connectivity index (χ2v) is 7.86. The summed E-state index contributed by atoms with van der Waals surface area (Å²) in [6.07, 6.45) is 9.97. The number of likely N-dealkylation sites (tertiary alicyclic amines) is 1. The molecule has 2 aliphatic rings. The first-order valence-corrected chi connectivity index (χ1v) is 10.1. The van der Waals surface area contributed by atoms with E-state index < -0.39 is 0 Å². The average Bonchev–Trinajstić information content (AvgIpc) is 2.79. The largest absolute Gasteiger partial charge is 0.371 e. The molecular formula is C21H20IN3O. The zero-order chi connectivity index (χ0) is 17.9. The molecule has 0 N–H and O–H groups in total. The van der Waals surface area contributed by atoms with E-state index >= 15 is 0 Å². The molecule has 1 aromatic heterocycles. The molecule has 4 nitrogen and oxygen atoms in total. The second kappa shape index (κ2) is 7.61. The van der Waals surface area contributed by atoms with Gasteiger partial charge in [0.25, 0.3) is 5.56 Å². The lowest BCUT2D eigenvalue weighted by Crippen LogP contribution is -2.35. The van der Waals surface area contributed by atoms with Crippen molar-refractivity contribution in [3.63, 3.8) is 0 Å². The van der Waals surface area contributed by atoms with Gasteiger partial charge < -0.3 is 4.90 Å². The Morgan fingerprint density at radius 3 is 2.62 bits per heavy atom. The van der Waals surface area contributed by atoms with Gasteiger partial charge in [-0.15, -0.1) is 0 Å². The van der Waals surface area contributed by atoms with Crippen molar-refractivity contribution in [2.75, 3.05) is 13.1 Å². The van der Waals surface area contributed by atoms with Crippen LogP contribution >= 0.6 is 22.6 Å². The topological polar surface area (TPSA) is 38.1 Å². The van der Waals surface area contributed by atoms with E-state index in [9.17, 15) is 4.79 Å². The third kappa shape index (κ3) is 3.67. The fourth-order valence-electron chi connectivity index (χ4n) is 3.09. The summed E-state index contributed by atoms with van der Waals surface area (Å²) in [5.41, 5.74) is 4.22. The summed E-state index contributed by atoms with van der Waals surface area (Å²) in [4.78, 5) is 14.6. The maximum absolute atomic E-state index is 12.2. The minimum atomic E-state index is -0.0795. The molecule has 0 saturated carbocycles. The molecule has 0 bridgehead atoms. The highest BCUT2D eigenvalue weighted by Gasteiger charge is 2.19. The molecule has 0 radical (unpaired) electrons. The molecule has 0 amide bonds. The molecule has 0 spiro atoms. The van der Waals surface area contributed by atoms with Gasteiger partial charge in [0.05, 0.1) is 16.2 Å². The number of alkyl halides is 1. The molecule has 1 fully saturated rings. The van der Waals surface area contributed by atoms with Crippen molar-refractivity contribution in [3.8, 4) is 0 Å². The molecule has 1 saturated heterocycles. The van der Waals surface area contributed by atoms with E-state index in [2.05, 4.69) is 56.9 Å². The van der Waals surface area contributed by atoms with Gasteiger partial charge in [-0.3, -0.25) is 4.79 Å². The van der Waals surface area contributed by atoms with Crippen LogP contribution in [0.4, 0.5) is 0 Å². The Morgan fingerprint density at radius 1 is 1.08 bits per heavy atom. The minimum absolute atomic E-state index is 0.0795. The van der Waals surface area contributed by atoms with Crippen LogP contribution in [-0.4, -0.2) is 31.7 Å². The van der Waals surface area contributed by atoms with Crippen molar-refractivity contribution in [1.29, 1.82) is 0 Å². The smallest absolute Gasteiger partial charge is 0.267 e. The van der Waals surface area contributed by atoms with E-state index in [1.807, 2.05) is 36.4 Å². The fourth-order valence-corrected chi connectivity index (χ4v) is 3.83. The molecule has 1 aliphatic heterocycles. The number of allylic oxidation sites excluding steroid dienone is 5. The highest BCUT2D eigenvalue weighted by molar-refractivity contribution is 14.1. The Balaban J connectivity index is 1.65. The molecule has 2 aromatic rings. The van der Waals surface area contributed by atoms with Crippen LogP contribution in [0.1, 0.15) is 17.7 Å². The Labute approximate surface area is 166 Å². The second-order valence-electron chi connectivity index (χ2n) is 6.52. The molecule has 1 atom stereocenters. The van der Waals surface area contributed by atoms with Crippen molar-refractivity contribution in [1.82, 2.24) is 14.7 Å². The Kier molecular flexibility index (Phi) is 5.06. The summed E-state index contributed by atoms with van der Waals surface area (Å²) in [5.74, 6) is 0. The predicted molar refractivity (Wildman–Crippen MR) is 113 cm³/mol. The van der Waals surface area contributed by atoms with E-state index in [0.717, 1.165) is 29.9 Å². The van der Waals surface area contributed by atoms with Crippen LogP contribution < -0.4 is 5.56 Å². The number of hydrogen-bond donors (Lipinski definition) is 0. The van der Waals surface area contributed by atoms with Crippen LogP contribution in [0.3, 0.4) is 0 Å². The summed E-state index contributed by atoms with van der Waals surface area (Å²) in [6, 6.07) is 13.4. The van der Waals surface area contributed by atoms with Gasteiger partial charge in [-0.05, 0) is 35.8 Å². The van der Waals surface area contributed by atoms with Crippen molar-refractivity contribution in [3.05, 3.63) is 94.1 Å². The first-order chi connectivity index (χ1) is 12.7. The van der Waals surface area contributed by atoms with Gasteiger partial charge in [0.2, 0.25) is 0 Å². The normalized spacial score (nSPS) is 19.4. The number of rotatable bonds is 4. The highest BCUT2D eigenvalue weighted by Crippen LogP contribution is 2.28. The standard InChI is InChI=1S/C21H20IN3O/c22-19-10-8-17(24-13-4-14-24)7-9-18(19)20-11-12-21(26)25(23-20)15-16-5-2-1-3-6-16/h1-3,5-12,19H,4,13-15H2. The molecule has 5 heteroatoms. The van der Waals surface area contributed by atoms with Crippen molar-refractivity contribution >= 4 is 28.2 Å². The summed E-state index contributed by atoms with van der Waals surface area (Å²) < 4.78 is 1.77. The molecule has 2 heterocycles. The SMILES string of the molecule is O=c1ccc(C2=CC=C(N3CCC3)C=CC2I)nn1Cc1ccccc1. The monoisotopic (exact) mass is 457 g/mol. The predicted octanol–water partition coefficient (Wildman–Crippen LogP) is 3.64. The lowest BCUT2D eigenvalue weighted by molar-refractivity contribution is 0.247. The minimum Gasteiger partial charge on any atom is -0.371 e. The Bertz CT molecular complexity index is 939. The van der Waals surface area contributed by atoms with Crippen LogP contribution in [0.25, 0.3) is 5.57 Å². The average molecular weight is 457 g/mol. The van der Waals surface area contributed by atoms with Crippen molar-refractivity contribution < 1.29 is 0 Å². The molecular weight excluding hydrogens is 437 g/mol. The quantitative estimate of drug-likeness (QED) is 0.520. The first kappa shape index (κ1) is 17.3. The number of benzene rings is 1. The zero-order valence-electron chi connectivity index (χ0n) is 14.4. The first-order valence-electron chi connectivity index (χ1n) is 8.82. The van der Waals surface area contributed by atoms with E-state index in [1.54, 1.807) is 10.7 Å². The number of hydrogen-bond acceptors (Lipinski definition) is 3. The van der Waals surface area contributed by atoms with E-state index in [4.69, 9.17) is 0 Å². The van der Waals surface area contributed by atoms with Crippen LogP contribution in [0, 0.1) is 0 Å². The van der Waals surface area contributed by atoms with E-state index in [1.165, 1.54) is 12.1 Å². The maximum atomic E-state index is 12.2. The van der Waals surface area contributed by atoms with Crippen LogP contribution in [0.2, 0.25) is 0 Å². The summed E-state index contributed by atoms with van der Waals surface area (Å²) in [6.45, 7) is 2.74. The lowest BCUT2D eigenvalue weighted by Gasteiger charge is -2.33. The summed E-state index contributed by atoms with van der Waals surface area (Å²) >= 11 is 2.42. The Morgan fingerprint density at radius 2 is 1.88 bits per heavy atom. The molecule has 132 valence electrons. The van der Waals surface area contributed by atoms with Gasteiger partial charge in [-0.25, -0.2) is 4.68 Å². The van der Waals surface area contributed by atoms with Gasteiger partial charge in [-0.2, -0.15) is 5.10 Å². The summed E-state index contributed by atoms with van der Waals surface area (Å²) in [5, 5.41) is 4.64. The van der Waals surface area contributed by atoms with Gasteiger partial charge >= 0.3 is 0 Å². The molecule has 26 heavy (non-hydrogen) atoms. The van der Waals surface area contributed by atoms with Gasteiger partial charge in [0, 0.05) is 24.9 Å². The molecule has 1 aromatic carbocycles. The molecule has 1 unspecified atom stereocenters. The molecule has 4 rings (SSSR count). The van der Waals surface area contributed by atoms with Crippen molar-refractivity contribution in [2.45, 2.75) is 16.9 Å². The van der Waals surface area contributed by atoms with E-state index in [-0.39, 0.29) is 9.48 Å². The van der Waals surface area contributed by atoms with Crippen LogP contribution in [0.15, 0.2) is 77.3 Å². The van der Waals surface area contributed by atoms with Gasteiger partial charge in [-0.1, -0.05) is 65.1 Å². The van der Waals surface area contributed by atoms with Gasteiger partial charge in [0.1, 0.15) is 0 Å². The fraction of sp³-hybridized carbons (Fsp3) is 0.238.